The first-order chi connectivity index (χ1) is 11.6. The minimum absolute atomic E-state index is 0.00297. The van der Waals surface area contributed by atoms with Crippen LogP contribution in [0.5, 0.6) is 0 Å². The molecule has 0 saturated heterocycles. The van der Waals surface area contributed by atoms with E-state index in [2.05, 4.69) is 10.3 Å². The molecule has 2 N–H and O–H groups in total. The van der Waals surface area contributed by atoms with Crippen LogP contribution in [0.3, 0.4) is 0 Å². The highest BCUT2D eigenvalue weighted by Crippen LogP contribution is 2.50. The molecule has 3 aromatic rings. The molecular weight excluding hydrogens is 343 g/mol. The molecule has 1 aliphatic rings. The predicted molar refractivity (Wildman–Crippen MR) is 98.0 cm³/mol. The Morgan fingerprint density at radius 1 is 1.17 bits per heavy atom. The molecule has 0 unspecified atom stereocenters. The smallest absolute Gasteiger partial charge is 0.252 e. The van der Waals surface area contributed by atoms with E-state index >= 15 is 0 Å². The first-order valence-electron chi connectivity index (χ1n) is 7.89. The summed E-state index contributed by atoms with van der Waals surface area (Å²) in [6.45, 7) is 0.604. The number of hydrogen-bond acceptors (Lipinski definition) is 1. The summed E-state index contributed by atoms with van der Waals surface area (Å²) >= 11 is 12.2. The van der Waals surface area contributed by atoms with Crippen molar-refractivity contribution in [2.24, 2.45) is 0 Å². The number of hydrogen-bond donors (Lipinski definition) is 2. The molecule has 0 aliphatic heterocycles. The largest absolute Gasteiger partial charge is 0.361 e. The SMILES string of the molecule is O=C(NCC1(c2c[nH]c3cc(Cl)ccc23)CC1)c1ccccc1Cl. The summed E-state index contributed by atoms with van der Waals surface area (Å²) in [6, 6.07) is 13.0. The van der Waals surface area contributed by atoms with Crippen molar-refractivity contribution in [2.75, 3.05) is 6.54 Å². The molecular formula is C19H16Cl2N2O. The third-order valence-electron chi connectivity index (χ3n) is 4.77. The molecule has 1 saturated carbocycles. The molecule has 3 nitrogen and oxygen atoms in total. The van der Waals surface area contributed by atoms with Crippen molar-refractivity contribution in [3.63, 3.8) is 0 Å². The number of carbonyl (C=O) groups excluding carboxylic acids is 1. The molecule has 5 heteroatoms. The Kier molecular flexibility index (Phi) is 3.78. The van der Waals surface area contributed by atoms with Gasteiger partial charge in [0.1, 0.15) is 0 Å². The van der Waals surface area contributed by atoms with Crippen LogP contribution in [0.4, 0.5) is 0 Å². The fraction of sp³-hybridized carbons (Fsp3) is 0.211. The summed E-state index contributed by atoms with van der Waals surface area (Å²) in [4.78, 5) is 15.7. The number of nitrogens with one attached hydrogen (secondary N) is 2. The molecule has 122 valence electrons. The van der Waals surface area contributed by atoms with Gasteiger partial charge < -0.3 is 10.3 Å². The molecule has 0 bridgehead atoms. The number of fused-ring (bicyclic) bond motifs is 1. The number of halogens is 2. The van der Waals surface area contributed by atoms with Gasteiger partial charge >= 0.3 is 0 Å². The number of aromatic nitrogens is 1. The van der Waals surface area contributed by atoms with Gasteiger partial charge in [0.2, 0.25) is 0 Å². The minimum Gasteiger partial charge on any atom is -0.361 e. The summed E-state index contributed by atoms with van der Waals surface area (Å²) in [5.41, 5.74) is 2.79. The number of aromatic amines is 1. The van der Waals surface area contributed by atoms with Crippen LogP contribution < -0.4 is 5.32 Å². The third-order valence-corrected chi connectivity index (χ3v) is 5.34. The fourth-order valence-electron chi connectivity index (χ4n) is 3.22. The standard InChI is InChI=1S/C19H16Cl2N2O/c20-12-5-6-13-15(10-22-17(13)9-12)19(7-8-19)11-23-18(24)14-3-1-2-4-16(14)21/h1-6,9-10,22H,7-8,11H2,(H,23,24). The fourth-order valence-corrected chi connectivity index (χ4v) is 3.61. The second-order valence-corrected chi connectivity index (χ2v) is 7.18. The first-order valence-corrected chi connectivity index (χ1v) is 8.64. The minimum atomic E-state index is -0.130. The van der Waals surface area contributed by atoms with Gasteiger partial charge in [-0.05, 0) is 42.7 Å². The van der Waals surface area contributed by atoms with Gasteiger partial charge in [-0.15, -0.1) is 0 Å². The highest BCUT2D eigenvalue weighted by molar-refractivity contribution is 6.33. The molecule has 0 atom stereocenters. The number of amides is 1. The topological polar surface area (TPSA) is 44.9 Å². The van der Waals surface area contributed by atoms with Gasteiger partial charge in [0.15, 0.2) is 0 Å². The third kappa shape index (κ3) is 2.68. The van der Waals surface area contributed by atoms with Crippen molar-refractivity contribution in [1.29, 1.82) is 0 Å². The molecule has 0 spiro atoms. The zero-order valence-electron chi connectivity index (χ0n) is 12.9. The van der Waals surface area contributed by atoms with Crippen molar-refractivity contribution >= 4 is 40.0 Å². The van der Waals surface area contributed by atoms with Crippen molar-refractivity contribution in [1.82, 2.24) is 10.3 Å². The van der Waals surface area contributed by atoms with Crippen molar-refractivity contribution in [3.05, 3.63) is 69.8 Å². The predicted octanol–water partition coefficient (Wildman–Crippen LogP) is 4.94. The summed E-state index contributed by atoms with van der Waals surface area (Å²) in [6.07, 6.45) is 4.16. The van der Waals surface area contributed by atoms with Gasteiger partial charge in [0, 0.05) is 34.1 Å². The van der Waals surface area contributed by atoms with Gasteiger partial charge in [-0.1, -0.05) is 41.4 Å². The number of benzene rings is 2. The van der Waals surface area contributed by atoms with E-state index < -0.39 is 0 Å². The summed E-state index contributed by atoms with van der Waals surface area (Å²) < 4.78 is 0. The van der Waals surface area contributed by atoms with Gasteiger partial charge in [0.25, 0.3) is 5.91 Å². The van der Waals surface area contributed by atoms with Crippen LogP contribution in [0.15, 0.2) is 48.7 Å². The summed E-state index contributed by atoms with van der Waals surface area (Å²) in [7, 11) is 0. The van der Waals surface area contributed by atoms with E-state index in [1.54, 1.807) is 12.1 Å². The lowest BCUT2D eigenvalue weighted by Gasteiger charge is -2.16. The van der Waals surface area contributed by atoms with E-state index in [1.807, 2.05) is 36.5 Å². The van der Waals surface area contributed by atoms with Crippen LogP contribution >= 0.6 is 23.2 Å². The number of carbonyl (C=O) groups is 1. The maximum atomic E-state index is 12.4. The van der Waals surface area contributed by atoms with Crippen LogP contribution in [-0.2, 0) is 5.41 Å². The normalized spacial score (nSPS) is 15.4. The van der Waals surface area contributed by atoms with E-state index in [0.717, 1.165) is 18.4 Å². The zero-order chi connectivity index (χ0) is 16.7. The van der Waals surface area contributed by atoms with Crippen LogP contribution in [0.1, 0.15) is 28.8 Å². The van der Waals surface area contributed by atoms with Crippen molar-refractivity contribution in [3.8, 4) is 0 Å². The Bertz CT molecular complexity index is 928. The van der Waals surface area contributed by atoms with E-state index in [-0.39, 0.29) is 11.3 Å². The molecule has 1 heterocycles. The molecule has 1 amide bonds. The number of H-pyrrole nitrogens is 1. The Morgan fingerprint density at radius 3 is 2.71 bits per heavy atom. The summed E-state index contributed by atoms with van der Waals surface area (Å²) in [5.74, 6) is -0.130. The number of rotatable bonds is 4. The van der Waals surface area contributed by atoms with Gasteiger partial charge in [-0.2, -0.15) is 0 Å². The van der Waals surface area contributed by atoms with Gasteiger partial charge in [0.05, 0.1) is 10.6 Å². The van der Waals surface area contributed by atoms with E-state index in [1.165, 1.54) is 10.9 Å². The van der Waals surface area contributed by atoms with Gasteiger partial charge in [-0.3, -0.25) is 4.79 Å². The van der Waals surface area contributed by atoms with Crippen LogP contribution in [0, 0.1) is 0 Å². The van der Waals surface area contributed by atoms with Crippen LogP contribution in [0.25, 0.3) is 10.9 Å². The average molecular weight is 359 g/mol. The van der Waals surface area contributed by atoms with E-state index in [9.17, 15) is 4.79 Å². The Morgan fingerprint density at radius 2 is 1.96 bits per heavy atom. The second kappa shape index (κ2) is 5.83. The van der Waals surface area contributed by atoms with Crippen molar-refractivity contribution in [2.45, 2.75) is 18.3 Å². The second-order valence-electron chi connectivity index (χ2n) is 6.34. The van der Waals surface area contributed by atoms with E-state index in [0.29, 0.717) is 22.2 Å². The highest BCUT2D eigenvalue weighted by Gasteiger charge is 2.45. The molecule has 1 aliphatic carbocycles. The Balaban J connectivity index is 1.56. The highest BCUT2D eigenvalue weighted by atomic mass is 35.5. The Labute approximate surface area is 150 Å². The molecule has 1 fully saturated rings. The van der Waals surface area contributed by atoms with Crippen LogP contribution in [-0.4, -0.2) is 17.4 Å². The summed E-state index contributed by atoms with van der Waals surface area (Å²) in [5, 5.41) is 5.40. The maximum absolute atomic E-state index is 12.4. The zero-order valence-corrected chi connectivity index (χ0v) is 14.4. The lowest BCUT2D eigenvalue weighted by Crippen LogP contribution is -2.32. The first kappa shape index (κ1) is 15.6. The lowest BCUT2D eigenvalue weighted by molar-refractivity contribution is 0.0950. The molecule has 24 heavy (non-hydrogen) atoms. The van der Waals surface area contributed by atoms with Gasteiger partial charge in [-0.25, -0.2) is 0 Å². The Hall–Kier alpha value is -1.97. The molecule has 2 aromatic carbocycles. The quantitative estimate of drug-likeness (QED) is 0.681. The lowest BCUT2D eigenvalue weighted by atomic mass is 9.95. The molecule has 4 rings (SSSR count). The van der Waals surface area contributed by atoms with E-state index in [4.69, 9.17) is 23.2 Å². The monoisotopic (exact) mass is 358 g/mol. The average Bonchev–Trinajstić information content (AvgIpc) is 3.25. The van der Waals surface area contributed by atoms with Crippen LogP contribution in [0.2, 0.25) is 10.0 Å². The molecule has 1 aromatic heterocycles. The van der Waals surface area contributed by atoms with Crippen molar-refractivity contribution < 1.29 is 4.79 Å². The molecule has 0 radical (unpaired) electrons. The maximum Gasteiger partial charge on any atom is 0.252 e.